The van der Waals surface area contributed by atoms with E-state index >= 15 is 0 Å². The molecule has 2 saturated heterocycles. The van der Waals surface area contributed by atoms with Crippen LogP contribution in [0.25, 0.3) is 0 Å². The van der Waals surface area contributed by atoms with Crippen LogP contribution in [0.5, 0.6) is 11.5 Å². The molecule has 0 aliphatic carbocycles. The lowest BCUT2D eigenvalue weighted by atomic mass is 9.84. The molecule has 2 amide bonds. The maximum Gasteiger partial charge on any atom is 0.410 e. The van der Waals surface area contributed by atoms with Crippen molar-refractivity contribution in [1.82, 2.24) is 9.80 Å². The number of ether oxygens (including phenoxy) is 3. The summed E-state index contributed by atoms with van der Waals surface area (Å²) in [5.74, 6) is 0.193. The van der Waals surface area contributed by atoms with Gasteiger partial charge in [-0.1, -0.05) is 19.9 Å². The van der Waals surface area contributed by atoms with Gasteiger partial charge in [-0.2, -0.15) is 0 Å². The van der Waals surface area contributed by atoms with Crippen LogP contribution < -0.4 is 4.74 Å². The van der Waals surface area contributed by atoms with Crippen molar-refractivity contribution in [2.45, 2.75) is 20.5 Å². The van der Waals surface area contributed by atoms with E-state index in [1.54, 1.807) is 34.1 Å². The number of rotatable bonds is 6. The highest BCUT2D eigenvalue weighted by atomic mass is 16.6. The highest BCUT2D eigenvalue weighted by Gasteiger charge is 2.37. The third-order valence-corrected chi connectivity index (χ3v) is 5.69. The lowest BCUT2D eigenvalue weighted by Crippen LogP contribution is -2.55. The van der Waals surface area contributed by atoms with Crippen molar-refractivity contribution in [3.05, 3.63) is 63.7 Å². The molecule has 0 atom stereocenters. The van der Waals surface area contributed by atoms with E-state index in [1.165, 1.54) is 18.2 Å². The molecule has 4 rings (SSSR count). The van der Waals surface area contributed by atoms with Gasteiger partial charge in [0.25, 0.3) is 5.91 Å². The van der Waals surface area contributed by atoms with Crippen LogP contribution in [-0.2, 0) is 16.1 Å². The van der Waals surface area contributed by atoms with Crippen molar-refractivity contribution >= 4 is 17.7 Å². The standard InChI is InChI=1S/C24H27N3O7/c1-24(2)15-26(16-24)22(28)18-4-3-5-19(13-18)34-21-12-17(6-7-20(21)27(30)31)14-33-23(29)25-8-10-32-11-9-25/h3-7,12-13H,8-11,14-16H2,1-2H3. The monoisotopic (exact) mass is 469 g/mol. The Morgan fingerprint density at radius 1 is 1.09 bits per heavy atom. The number of likely N-dealkylation sites (tertiary alicyclic amines) is 1. The number of nitrogens with zero attached hydrogens (tertiary/aromatic N) is 3. The van der Waals surface area contributed by atoms with E-state index in [-0.39, 0.29) is 29.4 Å². The van der Waals surface area contributed by atoms with E-state index in [9.17, 15) is 19.7 Å². The van der Waals surface area contributed by atoms with E-state index in [4.69, 9.17) is 14.2 Å². The summed E-state index contributed by atoms with van der Waals surface area (Å²) in [5, 5.41) is 11.5. The number of hydrogen-bond donors (Lipinski definition) is 0. The minimum atomic E-state index is -0.546. The molecule has 34 heavy (non-hydrogen) atoms. The predicted octanol–water partition coefficient (Wildman–Crippen LogP) is 3.84. The fourth-order valence-corrected chi connectivity index (χ4v) is 4.00. The smallest absolute Gasteiger partial charge is 0.410 e. The maximum absolute atomic E-state index is 12.7. The van der Waals surface area contributed by atoms with Crippen LogP contribution >= 0.6 is 0 Å². The molecule has 2 aliphatic heterocycles. The van der Waals surface area contributed by atoms with Crippen molar-refractivity contribution < 1.29 is 28.7 Å². The average molecular weight is 469 g/mol. The minimum Gasteiger partial charge on any atom is -0.450 e. The Morgan fingerprint density at radius 2 is 1.82 bits per heavy atom. The van der Waals surface area contributed by atoms with Gasteiger partial charge in [0.15, 0.2) is 0 Å². The normalized spacial score (nSPS) is 17.0. The molecule has 2 fully saturated rings. The fourth-order valence-electron chi connectivity index (χ4n) is 4.00. The van der Waals surface area contributed by atoms with Gasteiger partial charge in [0.05, 0.1) is 18.1 Å². The van der Waals surface area contributed by atoms with E-state index in [1.807, 2.05) is 0 Å². The third-order valence-electron chi connectivity index (χ3n) is 5.69. The fraction of sp³-hybridized carbons (Fsp3) is 0.417. The Balaban J connectivity index is 1.46. The number of amides is 2. The number of morpholine rings is 1. The van der Waals surface area contributed by atoms with Gasteiger partial charge in [-0.15, -0.1) is 0 Å². The van der Waals surface area contributed by atoms with Gasteiger partial charge in [-0.05, 0) is 41.3 Å². The molecule has 2 aliphatic rings. The first-order valence-electron chi connectivity index (χ1n) is 11.1. The SMILES string of the molecule is CC1(C)CN(C(=O)c2cccc(Oc3cc(COC(=O)N4CCOCC4)ccc3[N+](=O)[O-])c2)C1. The minimum absolute atomic E-state index is 0.000367. The Hall–Kier alpha value is -3.66. The second kappa shape index (κ2) is 9.68. The Morgan fingerprint density at radius 3 is 2.50 bits per heavy atom. The molecule has 2 heterocycles. The van der Waals surface area contributed by atoms with E-state index < -0.39 is 11.0 Å². The number of benzene rings is 2. The topological polar surface area (TPSA) is 111 Å². The molecular weight excluding hydrogens is 442 g/mol. The average Bonchev–Trinajstić information content (AvgIpc) is 2.81. The molecule has 0 radical (unpaired) electrons. The van der Waals surface area contributed by atoms with Crippen LogP contribution in [0.3, 0.4) is 0 Å². The van der Waals surface area contributed by atoms with Gasteiger partial charge in [-0.3, -0.25) is 14.9 Å². The first-order valence-corrected chi connectivity index (χ1v) is 11.1. The second-order valence-electron chi connectivity index (χ2n) is 9.17. The molecule has 0 saturated carbocycles. The molecule has 0 aromatic heterocycles. The van der Waals surface area contributed by atoms with Crippen LogP contribution in [0.4, 0.5) is 10.5 Å². The molecule has 2 aromatic carbocycles. The van der Waals surface area contributed by atoms with E-state index in [2.05, 4.69) is 13.8 Å². The lowest BCUT2D eigenvalue weighted by Gasteiger charge is -2.45. The van der Waals surface area contributed by atoms with Crippen LogP contribution in [0.2, 0.25) is 0 Å². The van der Waals surface area contributed by atoms with Crippen molar-refractivity contribution in [2.75, 3.05) is 39.4 Å². The van der Waals surface area contributed by atoms with Gasteiger partial charge >= 0.3 is 11.8 Å². The molecular formula is C24H27N3O7. The van der Waals surface area contributed by atoms with Gasteiger partial charge in [0.1, 0.15) is 12.4 Å². The highest BCUT2D eigenvalue weighted by molar-refractivity contribution is 5.95. The van der Waals surface area contributed by atoms with Gasteiger partial charge < -0.3 is 24.0 Å². The Kier molecular flexibility index (Phi) is 6.69. The number of hydrogen-bond acceptors (Lipinski definition) is 7. The first-order chi connectivity index (χ1) is 16.2. The van der Waals surface area contributed by atoms with E-state index in [0.717, 1.165) is 0 Å². The van der Waals surface area contributed by atoms with Crippen LogP contribution in [0.1, 0.15) is 29.8 Å². The van der Waals surface area contributed by atoms with Gasteiger partial charge in [0, 0.05) is 37.8 Å². The number of carbonyl (C=O) groups excluding carboxylic acids is 2. The van der Waals surface area contributed by atoms with Crippen molar-refractivity contribution in [2.24, 2.45) is 5.41 Å². The van der Waals surface area contributed by atoms with Crippen molar-refractivity contribution in [3.63, 3.8) is 0 Å². The third kappa shape index (κ3) is 5.45. The Bertz CT molecular complexity index is 1090. The van der Waals surface area contributed by atoms with Gasteiger partial charge in [0.2, 0.25) is 5.75 Å². The summed E-state index contributed by atoms with van der Waals surface area (Å²) in [6, 6.07) is 10.9. The van der Waals surface area contributed by atoms with Crippen molar-refractivity contribution in [1.29, 1.82) is 0 Å². The summed E-state index contributed by atoms with van der Waals surface area (Å²) < 4.78 is 16.4. The summed E-state index contributed by atoms with van der Waals surface area (Å²) in [6.07, 6.45) is -0.468. The molecule has 10 heteroatoms. The van der Waals surface area contributed by atoms with Crippen LogP contribution in [0.15, 0.2) is 42.5 Å². The zero-order valence-electron chi connectivity index (χ0n) is 19.2. The summed E-state index contributed by atoms with van der Waals surface area (Å²) in [4.78, 5) is 39.2. The Labute approximate surface area is 197 Å². The van der Waals surface area contributed by atoms with Crippen LogP contribution in [-0.4, -0.2) is 66.1 Å². The molecule has 0 spiro atoms. The highest BCUT2D eigenvalue weighted by Crippen LogP contribution is 2.34. The zero-order chi connectivity index (χ0) is 24.3. The summed E-state index contributed by atoms with van der Waals surface area (Å²) in [6.45, 7) is 7.31. The molecule has 0 unspecified atom stereocenters. The molecule has 0 bridgehead atoms. The molecule has 0 N–H and O–H groups in total. The second-order valence-corrected chi connectivity index (χ2v) is 9.17. The summed E-state index contributed by atoms with van der Waals surface area (Å²) >= 11 is 0. The predicted molar refractivity (Wildman–Crippen MR) is 122 cm³/mol. The van der Waals surface area contributed by atoms with E-state index in [0.29, 0.717) is 56.3 Å². The van der Waals surface area contributed by atoms with Crippen molar-refractivity contribution in [3.8, 4) is 11.5 Å². The zero-order valence-corrected chi connectivity index (χ0v) is 19.2. The number of nitro benzene ring substituents is 1. The van der Waals surface area contributed by atoms with Gasteiger partial charge in [-0.25, -0.2) is 4.79 Å². The first kappa shape index (κ1) is 23.5. The number of nitro groups is 1. The molecule has 2 aromatic rings. The summed E-state index contributed by atoms with van der Waals surface area (Å²) in [5.41, 5.74) is 0.865. The maximum atomic E-state index is 12.7. The number of carbonyl (C=O) groups is 2. The molecule has 10 nitrogen and oxygen atoms in total. The molecule has 180 valence electrons. The lowest BCUT2D eigenvalue weighted by molar-refractivity contribution is -0.385. The largest absolute Gasteiger partial charge is 0.450 e. The summed E-state index contributed by atoms with van der Waals surface area (Å²) in [7, 11) is 0. The van der Waals surface area contributed by atoms with Crippen LogP contribution in [0, 0.1) is 15.5 Å². The quantitative estimate of drug-likeness (QED) is 0.467.